The Morgan fingerprint density at radius 1 is 0.962 bits per heavy atom. The highest BCUT2D eigenvalue weighted by molar-refractivity contribution is 7.99. The van der Waals surface area contributed by atoms with Crippen LogP contribution in [0.4, 0.5) is 0 Å². The van der Waals surface area contributed by atoms with Crippen LogP contribution in [0, 0.1) is 20.8 Å². The van der Waals surface area contributed by atoms with Gasteiger partial charge >= 0.3 is 0 Å². The average molecular weight is 387 g/mol. The fourth-order valence-corrected chi connectivity index (χ4v) is 5.25. The van der Waals surface area contributed by atoms with E-state index in [9.17, 15) is 0 Å². The van der Waals surface area contributed by atoms with E-state index in [1.54, 1.807) is 11.8 Å². The average Bonchev–Trinajstić information content (AvgIpc) is 3.02. The van der Waals surface area contributed by atoms with E-state index < -0.39 is 8.32 Å². The quantitative estimate of drug-likeness (QED) is 0.520. The first-order valence-corrected chi connectivity index (χ1v) is 13.0. The smallest absolute Gasteiger partial charge is 0.250 e. The van der Waals surface area contributed by atoms with Crippen LogP contribution in [-0.4, -0.2) is 8.32 Å². The summed E-state index contributed by atoms with van der Waals surface area (Å²) in [7, 11) is -1.90. The van der Waals surface area contributed by atoms with Gasteiger partial charge in [0.15, 0.2) is 5.44 Å². The van der Waals surface area contributed by atoms with Gasteiger partial charge in [-0.3, -0.25) is 0 Å². The van der Waals surface area contributed by atoms with Gasteiger partial charge in [0.1, 0.15) is 11.5 Å². The molecule has 26 heavy (non-hydrogen) atoms. The van der Waals surface area contributed by atoms with Crippen LogP contribution < -0.4 is 9.16 Å². The first-order valence-electron chi connectivity index (χ1n) is 9.24. The highest BCUT2D eigenvalue weighted by Crippen LogP contribution is 2.55. The van der Waals surface area contributed by atoms with Gasteiger partial charge in [0.2, 0.25) is 0 Å². The van der Waals surface area contributed by atoms with Gasteiger partial charge in [-0.25, -0.2) is 0 Å². The lowest BCUT2D eigenvalue weighted by atomic mass is 10.0. The van der Waals surface area contributed by atoms with Gasteiger partial charge in [-0.2, -0.15) is 0 Å². The van der Waals surface area contributed by atoms with Crippen LogP contribution in [0.1, 0.15) is 48.5 Å². The molecule has 0 saturated carbocycles. The lowest BCUT2D eigenvalue weighted by Gasteiger charge is -2.37. The predicted octanol–water partition coefficient (Wildman–Crippen LogP) is 7.18. The first-order chi connectivity index (χ1) is 12.0. The third-order valence-electron chi connectivity index (χ3n) is 5.82. The molecule has 0 N–H and O–H groups in total. The van der Waals surface area contributed by atoms with Crippen LogP contribution in [0.5, 0.6) is 11.5 Å². The van der Waals surface area contributed by atoms with Crippen LogP contribution >= 0.6 is 11.8 Å². The van der Waals surface area contributed by atoms with Gasteiger partial charge in [-0.15, -0.1) is 0 Å². The van der Waals surface area contributed by atoms with Crippen molar-refractivity contribution in [3.8, 4) is 11.5 Å². The summed E-state index contributed by atoms with van der Waals surface area (Å²) >= 11 is 1.80. The van der Waals surface area contributed by atoms with Gasteiger partial charge in [0.25, 0.3) is 8.32 Å². The van der Waals surface area contributed by atoms with E-state index in [4.69, 9.17) is 9.16 Å². The zero-order valence-electron chi connectivity index (χ0n) is 17.2. The van der Waals surface area contributed by atoms with Gasteiger partial charge in [-0.05, 0) is 50.0 Å². The minimum Gasteiger partial charge on any atom is -0.543 e. The Balaban J connectivity index is 2.02. The summed E-state index contributed by atoms with van der Waals surface area (Å²) < 4.78 is 13.1. The lowest BCUT2D eigenvalue weighted by Crippen LogP contribution is -2.44. The van der Waals surface area contributed by atoms with E-state index in [0.717, 1.165) is 11.5 Å². The van der Waals surface area contributed by atoms with Crippen LogP contribution in [0.25, 0.3) is 0 Å². The van der Waals surface area contributed by atoms with Crippen molar-refractivity contribution in [1.82, 2.24) is 0 Å². The van der Waals surface area contributed by atoms with E-state index in [0.29, 0.717) is 0 Å². The Bertz CT molecular complexity index is 823. The number of rotatable bonds is 3. The molecule has 0 aromatic heterocycles. The summed E-state index contributed by atoms with van der Waals surface area (Å²) in [6.07, 6.45) is 0. The second-order valence-electron chi connectivity index (χ2n) is 8.70. The van der Waals surface area contributed by atoms with Gasteiger partial charge in [-0.1, -0.05) is 62.9 Å². The second kappa shape index (κ2) is 6.65. The summed E-state index contributed by atoms with van der Waals surface area (Å²) in [6, 6.07) is 10.4. The molecule has 1 atom stereocenters. The summed E-state index contributed by atoms with van der Waals surface area (Å²) in [5, 5.41) is 0.176. The molecule has 3 rings (SSSR count). The Labute approximate surface area is 163 Å². The lowest BCUT2D eigenvalue weighted by molar-refractivity contribution is 0.299. The molecule has 0 radical (unpaired) electrons. The topological polar surface area (TPSA) is 18.5 Å². The van der Waals surface area contributed by atoms with E-state index in [1.807, 2.05) is 6.07 Å². The standard InChI is InChI=1S/C22H30O2SSi/c1-14-15(2)19-20(25-21(23-19)17-12-10-9-11-13-17)16(3)18(14)24-26(7,8)22(4,5)6/h9-13,21H,1-8H3. The van der Waals surface area contributed by atoms with Crippen molar-refractivity contribution in [2.45, 2.75) is 70.0 Å². The Kier molecular flexibility index (Phi) is 4.95. The Morgan fingerprint density at radius 2 is 1.58 bits per heavy atom. The molecule has 0 fully saturated rings. The number of hydrogen-bond acceptors (Lipinski definition) is 3. The first kappa shape index (κ1) is 19.4. The van der Waals surface area contributed by atoms with E-state index in [-0.39, 0.29) is 10.5 Å². The SMILES string of the molecule is Cc1c(C)c2c(c(C)c1O[Si](C)(C)C(C)(C)C)SC(c1ccccc1)O2. The molecule has 0 saturated heterocycles. The molecule has 140 valence electrons. The van der Waals surface area contributed by atoms with E-state index in [1.165, 1.54) is 27.1 Å². The summed E-state index contributed by atoms with van der Waals surface area (Å²) in [5.74, 6) is 2.10. The number of benzene rings is 2. The molecule has 4 heteroatoms. The number of thioether (sulfide) groups is 1. The van der Waals surface area contributed by atoms with Crippen molar-refractivity contribution < 1.29 is 9.16 Å². The molecule has 2 nitrogen and oxygen atoms in total. The van der Waals surface area contributed by atoms with Crippen molar-refractivity contribution in [2.24, 2.45) is 0 Å². The molecule has 2 aromatic rings. The maximum Gasteiger partial charge on any atom is 0.250 e. The molecule has 0 amide bonds. The molecule has 1 aliphatic rings. The van der Waals surface area contributed by atoms with Crippen molar-refractivity contribution >= 4 is 20.1 Å². The Morgan fingerprint density at radius 3 is 2.15 bits per heavy atom. The van der Waals surface area contributed by atoms with Crippen LogP contribution in [0.15, 0.2) is 35.2 Å². The molecule has 0 spiro atoms. The zero-order valence-corrected chi connectivity index (χ0v) is 19.0. The molecule has 1 unspecified atom stereocenters. The molecule has 0 bridgehead atoms. The van der Waals surface area contributed by atoms with Crippen molar-refractivity contribution in [1.29, 1.82) is 0 Å². The number of fused-ring (bicyclic) bond motifs is 1. The normalized spacial score (nSPS) is 17.0. The summed E-state index contributed by atoms with van der Waals surface area (Å²) in [6.45, 7) is 18.0. The van der Waals surface area contributed by atoms with Crippen molar-refractivity contribution in [3.63, 3.8) is 0 Å². The maximum atomic E-state index is 6.74. The zero-order chi connectivity index (χ0) is 19.3. The fraction of sp³-hybridized carbons (Fsp3) is 0.455. The molecular formula is C22H30O2SSi. The Hall–Kier alpha value is -1.39. The van der Waals surface area contributed by atoms with Crippen LogP contribution in [-0.2, 0) is 0 Å². The largest absolute Gasteiger partial charge is 0.543 e. The molecule has 2 aromatic carbocycles. The van der Waals surface area contributed by atoms with Crippen molar-refractivity contribution in [2.75, 3.05) is 0 Å². The van der Waals surface area contributed by atoms with Gasteiger partial charge in [0.05, 0.1) is 4.90 Å². The second-order valence-corrected chi connectivity index (χ2v) is 14.5. The summed E-state index contributed by atoms with van der Waals surface area (Å²) in [5.41, 5.74) is 4.85. The highest BCUT2D eigenvalue weighted by atomic mass is 32.2. The highest BCUT2D eigenvalue weighted by Gasteiger charge is 2.40. The molecule has 1 heterocycles. The molecular weight excluding hydrogens is 356 g/mol. The minimum atomic E-state index is -1.90. The van der Waals surface area contributed by atoms with E-state index >= 15 is 0 Å². The number of ether oxygens (including phenoxy) is 1. The maximum absolute atomic E-state index is 6.74. The summed E-state index contributed by atoms with van der Waals surface area (Å²) in [4.78, 5) is 1.23. The van der Waals surface area contributed by atoms with E-state index in [2.05, 4.69) is 78.9 Å². The fourth-order valence-electron chi connectivity index (χ4n) is 2.90. The third-order valence-corrected chi connectivity index (χ3v) is 11.5. The monoisotopic (exact) mass is 386 g/mol. The molecule has 1 aliphatic heterocycles. The third kappa shape index (κ3) is 3.29. The van der Waals surface area contributed by atoms with Gasteiger partial charge in [0, 0.05) is 11.1 Å². The molecule has 0 aliphatic carbocycles. The van der Waals surface area contributed by atoms with Crippen LogP contribution in [0.2, 0.25) is 18.1 Å². The van der Waals surface area contributed by atoms with Gasteiger partial charge < -0.3 is 9.16 Å². The number of hydrogen-bond donors (Lipinski definition) is 0. The predicted molar refractivity (Wildman–Crippen MR) is 114 cm³/mol. The van der Waals surface area contributed by atoms with Crippen LogP contribution in [0.3, 0.4) is 0 Å². The minimum absolute atomic E-state index is 0.0196. The van der Waals surface area contributed by atoms with Crippen molar-refractivity contribution in [3.05, 3.63) is 52.6 Å².